The predicted molar refractivity (Wildman–Crippen MR) is 72.9 cm³/mol. The highest BCUT2D eigenvalue weighted by molar-refractivity contribution is 5.14. The van der Waals surface area contributed by atoms with Gasteiger partial charge >= 0.3 is 0 Å². The smallest absolute Gasteiger partial charge is 0.0233 e. The van der Waals surface area contributed by atoms with E-state index in [-0.39, 0.29) is 0 Å². The molecule has 1 unspecified atom stereocenters. The van der Waals surface area contributed by atoms with Crippen LogP contribution < -0.4 is 5.32 Å². The van der Waals surface area contributed by atoms with Gasteiger partial charge < -0.3 is 5.32 Å². The molecule has 0 amide bonds. The normalized spacial score (nSPS) is 30.4. The highest BCUT2D eigenvalue weighted by atomic mass is 15.2. The first-order chi connectivity index (χ1) is 8.20. The molecule has 2 heteroatoms. The molecular formula is C15H24N2. The fourth-order valence-corrected chi connectivity index (χ4v) is 3.22. The summed E-state index contributed by atoms with van der Waals surface area (Å²) in [6.45, 7) is 8.20. The van der Waals surface area contributed by atoms with Crippen LogP contribution in [-0.2, 0) is 6.54 Å². The van der Waals surface area contributed by atoms with Crippen LogP contribution >= 0.6 is 0 Å². The number of likely N-dealkylation sites (tertiary alicyclic amines) is 1. The van der Waals surface area contributed by atoms with Crippen LogP contribution in [-0.4, -0.2) is 31.1 Å². The summed E-state index contributed by atoms with van der Waals surface area (Å²) in [5.74, 6) is 1.46. The van der Waals surface area contributed by atoms with E-state index in [0.29, 0.717) is 6.04 Å². The lowest BCUT2D eigenvalue weighted by Crippen LogP contribution is -2.52. The lowest BCUT2D eigenvalue weighted by Gasteiger charge is -2.41. The Labute approximate surface area is 105 Å². The van der Waals surface area contributed by atoms with Crippen molar-refractivity contribution >= 4 is 0 Å². The Balaban J connectivity index is 1.96. The molecule has 0 saturated carbocycles. The topological polar surface area (TPSA) is 15.3 Å². The summed E-state index contributed by atoms with van der Waals surface area (Å²) in [7, 11) is 2.09. The third kappa shape index (κ3) is 3.08. The number of nitrogens with one attached hydrogen (secondary N) is 1. The zero-order valence-corrected chi connectivity index (χ0v) is 11.2. The Bertz CT molecular complexity index is 324. The van der Waals surface area contributed by atoms with Crippen LogP contribution in [0.4, 0.5) is 0 Å². The molecule has 1 N–H and O–H groups in total. The number of nitrogens with zero attached hydrogens (tertiary/aromatic N) is 1. The van der Waals surface area contributed by atoms with Crippen LogP contribution in [0.15, 0.2) is 30.3 Å². The summed E-state index contributed by atoms with van der Waals surface area (Å²) in [6.07, 6.45) is 0. The van der Waals surface area contributed by atoms with Gasteiger partial charge in [0.05, 0.1) is 0 Å². The maximum Gasteiger partial charge on any atom is 0.0233 e. The van der Waals surface area contributed by atoms with Crippen LogP contribution in [0, 0.1) is 11.8 Å². The average Bonchev–Trinajstić information content (AvgIpc) is 2.30. The summed E-state index contributed by atoms with van der Waals surface area (Å²) in [5, 5.41) is 3.46. The van der Waals surface area contributed by atoms with Gasteiger partial charge in [0, 0.05) is 25.7 Å². The minimum absolute atomic E-state index is 0.669. The van der Waals surface area contributed by atoms with Gasteiger partial charge in [0.2, 0.25) is 0 Å². The molecule has 0 bridgehead atoms. The van der Waals surface area contributed by atoms with Crippen molar-refractivity contribution in [3.63, 3.8) is 0 Å². The summed E-state index contributed by atoms with van der Waals surface area (Å²) in [4.78, 5) is 2.58. The van der Waals surface area contributed by atoms with E-state index in [1.165, 1.54) is 18.7 Å². The Kier molecular flexibility index (Phi) is 4.19. The second kappa shape index (κ2) is 5.65. The quantitative estimate of drug-likeness (QED) is 0.860. The van der Waals surface area contributed by atoms with E-state index >= 15 is 0 Å². The molecule has 1 heterocycles. The molecule has 17 heavy (non-hydrogen) atoms. The maximum atomic E-state index is 3.46. The first-order valence-electron chi connectivity index (χ1n) is 6.64. The Morgan fingerprint density at radius 3 is 2.24 bits per heavy atom. The van der Waals surface area contributed by atoms with Crippen molar-refractivity contribution in [2.45, 2.75) is 26.4 Å². The molecule has 1 aromatic rings. The minimum atomic E-state index is 0.669. The first-order valence-corrected chi connectivity index (χ1v) is 6.64. The van der Waals surface area contributed by atoms with Crippen molar-refractivity contribution in [3.05, 3.63) is 35.9 Å². The SMILES string of the molecule is CNC1[C@H](C)CN(Cc2ccccc2)C[C@@H]1C. The van der Waals surface area contributed by atoms with Crippen molar-refractivity contribution < 1.29 is 0 Å². The number of benzene rings is 1. The van der Waals surface area contributed by atoms with Crippen LogP contribution in [0.1, 0.15) is 19.4 Å². The van der Waals surface area contributed by atoms with Gasteiger partial charge in [-0.1, -0.05) is 44.2 Å². The van der Waals surface area contributed by atoms with Crippen molar-refractivity contribution in [3.8, 4) is 0 Å². The number of hydrogen-bond donors (Lipinski definition) is 1. The Morgan fingerprint density at radius 1 is 1.12 bits per heavy atom. The molecule has 0 spiro atoms. The fraction of sp³-hybridized carbons (Fsp3) is 0.600. The average molecular weight is 232 g/mol. The largest absolute Gasteiger partial charge is 0.316 e. The molecule has 1 aromatic carbocycles. The van der Waals surface area contributed by atoms with E-state index in [4.69, 9.17) is 0 Å². The second-order valence-corrected chi connectivity index (χ2v) is 5.45. The van der Waals surface area contributed by atoms with Gasteiger partial charge in [0.1, 0.15) is 0 Å². The molecule has 2 nitrogen and oxygen atoms in total. The minimum Gasteiger partial charge on any atom is -0.316 e. The monoisotopic (exact) mass is 232 g/mol. The van der Waals surface area contributed by atoms with Crippen LogP contribution in [0.25, 0.3) is 0 Å². The van der Waals surface area contributed by atoms with E-state index in [1.54, 1.807) is 0 Å². The Hall–Kier alpha value is -0.860. The third-order valence-electron chi connectivity index (χ3n) is 3.90. The third-order valence-corrected chi connectivity index (χ3v) is 3.90. The molecular weight excluding hydrogens is 208 g/mol. The van der Waals surface area contributed by atoms with Gasteiger partial charge in [0.15, 0.2) is 0 Å². The lowest BCUT2D eigenvalue weighted by molar-refractivity contribution is 0.0987. The van der Waals surface area contributed by atoms with E-state index in [9.17, 15) is 0 Å². The second-order valence-electron chi connectivity index (χ2n) is 5.45. The summed E-state index contributed by atoms with van der Waals surface area (Å²) in [5.41, 5.74) is 1.43. The molecule has 94 valence electrons. The number of hydrogen-bond acceptors (Lipinski definition) is 2. The van der Waals surface area contributed by atoms with Gasteiger partial charge in [-0.15, -0.1) is 0 Å². The van der Waals surface area contributed by atoms with Crippen molar-refractivity contribution in [2.24, 2.45) is 11.8 Å². The molecule has 0 aliphatic carbocycles. The highest BCUT2D eigenvalue weighted by Gasteiger charge is 2.30. The molecule has 1 aliphatic rings. The van der Waals surface area contributed by atoms with Gasteiger partial charge in [-0.25, -0.2) is 0 Å². The fourth-order valence-electron chi connectivity index (χ4n) is 3.22. The van der Waals surface area contributed by atoms with Gasteiger partial charge in [-0.3, -0.25) is 4.90 Å². The summed E-state index contributed by atoms with van der Waals surface area (Å²) >= 11 is 0. The van der Waals surface area contributed by atoms with Crippen LogP contribution in [0.5, 0.6) is 0 Å². The number of piperidine rings is 1. The molecule has 3 atom stereocenters. The zero-order chi connectivity index (χ0) is 12.3. The molecule has 0 aromatic heterocycles. The van der Waals surface area contributed by atoms with Gasteiger partial charge in [-0.05, 0) is 24.4 Å². The maximum absolute atomic E-state index is 3.46. The van der Waals surface area contributed by atoms with E-state index < -0.39 is 0 Å². The van der Waals surface area contributed by atoms with Crippen molar-refractivity contribution in [1.29, 1.82) is 0 Å². The number of rotatable bonds is 3. The van der Waals surface area contributed by atoms with Crippen LogP contribution in [0.2, 0.25) is 0 Å². The van der Waals surface area contributed by atoms with Crippen molar-refractivity contribution in [1.82, 2.24) is 10.2 Å². The van der Waals surface area contributed by atoms with E-state index in [1.807, 2.05) is 0 Å². The van der Waals surface area contributed by atoms with Crippen molar-refractivity contribution in [2.75, 3.05) is 20.1 Å². The van der Waals surface area contributed by atoms with Gasteiger partial charge in [-0.2, -0.15) is 0 Å². The first kappa shape index (κ1) is 12.6. The molecule has 1 fully saturated rings. The molecule has 2 rings (SSSR count). The zero-order valence-electron chi connectivity index (χ0n) is 11.2. The predicted octanol–water partition coefficient (Wildman–Crippen LogP) is 2.36. The van der Waals surface area contributed by atoms with E-state index in [2.05, 4.69) is 61.4 Å². The lowest BCUT2D eigenvalue weighted by atomic mass is 9.86. The Morgan fingerprint density at radius 2 is 1.71 bits per heavy atom. The standard InChI is InChI=1S/C15H24N2/c1-12-9-17(10-13(2)15(12)16-3)11-14-7-5-4-6-8-14/h4-8,12-13,15-16H,9-11H2,1-3H3/t12-,13+,15?. The highest BCUT2D eigenvalue weighted by Crippen LogP contribution is 2.23. The molecule has 1 aliphatic heterocycles. The van der Waals surface area contributed by atoms with Crippen LogP contribution in [0.3, 0.4) is 0 Å². The van der Waals surface area contributed by atoms with Gasteiger partial charge in [0.25, 0.3) is 0 Å². The molecule has 0 radical (unpaired) electrons. The summed E-state index contributed by atoms with van der Waals surface area (Å²) < 4.78 is 0. The summed E-state index contributed by atoms with van der Waals surface area (Å²) in [6, 6.07) is 11.5. The van der Waals surface area contributed by atoms with E-state index in [0.717, 1.165) is 18.4 Å². The molecule has 1 saturated heterocycles.